The standard InChI is InChI=1S/C18H26N2O/c1-6-7-17-16(10-12(2)3)18(21)20(19-17)15-9-8-13(4)14(5)11-15/h8-9,11-12,19H,6-7,10H2,1-5H3. The summed E-state index contributed by atoms with van der Waals surface area (Å²) in [5.41, 5.74) is 5.52. The van der Waals surface area contributed by atoms with E-state index in [1.807, 2.05) is 6.07 Å². The molecule has 0 fully saturated rings. The summed E-state index contributed by atoms with van der Waals surface area (Å²) in [6, 6.07) is 6.15. The maximum Gasteiger partial charge on any atom is 0.274 e. The summed E-state index contributed by atoms with van der Waals surface area (Å²) in [5.74, 6) is 0.484. The van der Waals surface area contributed by atoms with Crippen LogP contribution in [0.2, 0.25) is 0 Å². The van der Waals surface area contributed by atoms with Gasteiger partial charge in [0, 0.05) is 11.3 Å². The van der Waals surface area contributed by atoms with E-state index in [1.165, 1.54) is 11.1 Å². The molecule has 0 aliphatic rings. The first-order valence-electron chi connectivity index (χ1n) is 7.84. The topological polar surface area (TPSA) is 37.8 Å². The first kappa shape index (κ1) is 15.6. The van der Waals surface area contributed by atoms with Crippen molar-refractivity contribution in [2.75, 3.05) is 0 Å². The Morgan fingerprint density at radius 2 is 1.90 bits per heavy atom. The Labute approximate surface area is 127 Å². The summed E-state index contributed by atoms with van der Waals surface area (Å²) in [7, 11) is 0. The predicted molar refractivity (Wildman–Crippen MR) is 88.4 cm³/mol. The molecule has 0 amide bonds. The second kappa shape index (κ2) is 6.33. The molecule has 0 aliphatic heterocycles. The van der Waals surface area contributed by atoms with Crippen molar-refractivity contribution in [2.45, 2.75) is 53.9 Å². The van der Waals surface area contributed by atoms with Crippen LogP contribution in [0.3, 0.4) is 0 Å². The average molecular weight is 286 g/mol. The summed E-state index contributed by atoms with van der Waals surface area (Å²) in [6.45, 7) is 10.6. The fraction of sp³-hybridized carbons (Fsp3) is 0.500. The van der Waals surface area contributed by atoms with Gasteiger partial charge < -0.3 is 0 Å². The van der Waals surface area contributed by atoms with Gasteiger partial charge >= 0.3 is 0 Å². The summed E-state index contributed by atoms with van der Waals surface area (Å²) < 4.78 is 1.70. The Kier molecular flexibility index (Phi) is 4.71. The second-order valence-corrected chi connectivity index (χ2v) is 6.33. The van der Waals surface area contributed by atoms with Gasteiger partial charge in [-0.2, -0.15) is 0 Å². The lowest BCUT2D eigenvalue weighted by Crippen LogP contribution is -2.18. The van der Waals surface area contributed by atoms with Crippen molar-refractivity contribution in [1.29, 1.82) is 0 Å². The Balaban J connectivity index is 2.53. The van der Waals surface area contributed by atoms with Crippen LogP contribution in [0.25, 0.3) is 5.69 Å². The predicted octanol–water partition coefficient (Wildman–Crippen LogP) is 3.93. The highest BCUT2D eigenvalue weighted by atomic mass is 16.1. The van der Waals surface area contributed by atoms with Crippen molar-refractivity contribution in [1.82, 2.24) is 9.78 Å². The van der Waals surface area contributed by atoms with Crippen LogP contribution >= 0.6 is 0 Å². The Morgan fingerprint density at radius 3 is 2.48 bits per heavy atom. The summed E-state index contributed by atoms with van der Waals surface area (Å²) in [6.07, 6.45) is 2.80. The van der Waals surface area contributed by atoms with E-state index < -0.39 is 0 Å². The van der Waals surface area contributed by atoms with Crippen LogP contribution in [-0.4, -0.2) is 9.78 Å². The van der Waals surface area contributed by atoms with E-state index in [0.717, 1.165) is 36.2 Å². The van der Waals surface area contributed by atoms with Crippen LogP contribution in [0, 0.1) is 19.8 Å². The quantitative estimate of drug-likeness (QED) is 0.888. The molecule has 3 nitrogen and oxygen atoms in total. The normalized spacial score (nSPS) is 11.3. The van der Waals surface area contributed by atoms with Crippen LogP contribution in [0.1, 0.15) is 49.6 Å². The number of hydrogen-bond acceptors (Lipinski definition) is 1. The minimum Gasteiger partial charge on any atom is -0.295 e. The lowest BCUT2D eigenvalue weighted by atomic mass is 10.0. The summed E-state index contributed by atoms with van der Waals surface area (Å²) >= 11 is 0. The molecule has 0 bridgehead atoms. The van der Waals surface area contributed by atoms with E-state index in [1.54, 1.807) is 4.68 Å². The molecule has 0 aliphatic carbocycles. The van der Waals surface area contributed by atoms with E-state index in [4.69, 9.17) is 0 Å². The number of aryl methyl sites for hydroxylation is 3. The molecular formula is C18H26N2O. The van der Waals surface area contributed by atoms with E-state index in [-0.39, 0.29) is 5.56 Å². The van der Waals surface area contributed by atoms with Crippen molar-refractivity contribution in [3.05, 3.63) is 50.9 Å². The Hall–Kier alpha value is -1.77. The number of nitrogens with zero attached hydrogens (tertiary/aromatic N) is 1. The van der Waals surface area contributed by atoms with Gasteiger partial charge in [0.05, 0.1) is 5.69 Å². The van der Waals surface area contributed by atoms with Gasteiger partial charge in [-0.3, -0.25) is 9.89 Å². The van der Waals surface area contributed by atoms with E-state index in [9.17, 15) is 4.79 Å². The second-order valence-electron chi connectivity index (χ2n) is 6.33. The van der Waals surface area contributed by atoms with E-state index >= 15 is 0 Å². The van der Waals surface area contributed by atoms with Crippen molar-refractivity contribution >= 4 is 0 Å². The summed E-state index contributed by atoms with van der Waals surface area (Å²) in [4.78, 5) is 12.7. The van der Waals surface area contributed by atoms with Crippen LogP contribution in [0.4, 0.5) is 0 Å². The van der Waals surface area contributed by atoms with E-state index in [0.29, 0.717) is 5.92 Å². The minimum absolute atomic E-state index is 0.107. The monoisotopic (exact) mass is 286 g/mol. The van der Waals surface area contributed by atoms with Gasteiger partial charge in [0.15, 0.2) is 0 Å². The zero-order valence-electron chi connectivity index (χ0n) is 13.8. The van der Waals surface area contributed by atoms with Crippen LogP contribution in [0.5, 0.6) is 0 Å². The fourth-order valence-corrected chi connectivity index (χ4v) is 2.64. The van der Waals surface area contributed by atoms with Crippen LogP contribution < -0.4 is 5.56 Å². The molecule has 0 unspecified atom stereocenters. The molecule has 0 radical (unpaired) electrons. The lowest BCUT2D eigenvalue weighted by Gasteiger charge is -2.05. The zero-order chi connectivity index (χ0) is 15.6. The number of rotatable bonds is 5. The highest BCUT2D eigenvalue weighted by molar-refractivity contribution is 5.40. The number of aromatic amines is 1. The molecule has 2 aromatic rings. The van der Waals surface area contributed by atoms with Gasteiger partial charge in [-0.1, -0.05) is 33.3 Å². The first-order valence-corrected chi connectivity index (χ1v) is 7.84. The number of H-pyrrole nitrogens is 1. The average Bonchev–Trinajstić information content (AvgIpc) is 2.71. The van der Waals surface area contributed by atoms with Crippen LogP contribution in [-0.2, 0) is 12.8 Å². The molecule has 1 heterocycles. The van der Waals surface area contributed by atoms with Gasteiger partial charge in [-0.25, -0.2) is 4.68 Å². The maximum absolute atomic E-state index is 12.7. The maximum atomic E-state index is 12.7. The van der Waals surface area contributed by atoms with Crippen LogP contribution in [0.15, 0.2) is 23.0 Å². The molecule has 21 heavy (non-hydrogen) atoms. The lowest BCUT2D eigenvalue weighted by molar-refractivity contribution is 0.639. The molecule has 2 rings (SSSR count). The number of benzene rings is 1. The number of hydrogen-bond donors (Lipinski definition) is 1. The third kappa shape index (κ3) is 3.29. The zero-order valence-corrected chi connectivity index (χ0v) is 13.8. The molecule has 0 saturated carbocycles. The molecule has 0 atom stereocenters. The molecule has 0 spiro atoms. The first-order chi connectivity index (χ1) is 9.93. The molecular weight excluding hydrogens is 260 g/mol. The van der Waals surface area contributed by atoms with Crippen molar-refractivity contribution in [3.63, 3.8) is 0 Å². The Bertz CT molecular complexity index is 677. The van der Waals surface area contributed by atoms with Crippen molar-refractivity contribution < 1.29 is 0 Å². The highest BCUT2D eigenvalue weighted by Gasteiger charge is 2.16. The molecule has 3 heteroatoms. The minimum atomic E-state index is 0.107. The number of nitrogens with one attached hydrogen (secondary N) is 1. The smallest absolute Gasteiger partial charge is 0.274 e. The van der Waals surface area contributed by atoms with Gasteiger partial charge in [0.25, 0.3) is 5.56 Å². The molecule has 1 N–H and O–H groups in total. The molecule has 0 saturated heterocycles. The third-order valence-corrected chi connectivity index (χ3v) is 3.93. The largest absolute Gasteiger partial charge is 0.295 e. The molecule has 1 aromatic heterocycles. The van der Waals surface area contributed by atoms with Gasteiger partial charge in [0.1, 0.15) is 0 Å². The van der Waals surface area contributed by atoms with Gasteiger partial charge in [-0.15, -0.1) is 0 Å². The number of aromatic nitrogens is 2. The van der Waals surface area contributed by atoms with Gasteiger partial charge in [0.2, 0.25) is 0 Å². The van der Waals surface area contributed by atoms with E-state index in [2.05, 4.69) is 51.9 Å². The van der Waals surface area contributed by atoms with Crippen molar-refractivity contribution in [2.24, 2.45) is 5.92 Å². The SMILES string of the molecule is CCCc1[nH]n(-c2ccc(C)c(C)c2)c(=O)c1CC(C)C. The highest BCUT2D eigenvalue weighted by Crippen LogP contribution is 2.16. The Morgan fingerprint density at radius 1 is 1.19 bits per heavy atom. The molecule has 1 aromatic carbocycles. The fourth-order valence-electron chi connectivity index (χ4n) is 2.64. The van der Waals surface area contributed by atoms with Gasteiger partial charge in [-0.05, 0) is 55.9 Å². The third-order valence-electron chi connectivity index (χ3n) is 3.93. The molecule has 114 valence electrons. The summed E-state index contributed by atoms with van der Waals surface area (Å²) in [5, 5.41) is 3.32. The van der Waals surface area contributed by atoms with Crippen molar-refractivity contribution in [3.8, 4) is 5.69 Å².